The Hall–Kier alpha value is -2.63. The summed E-state index contributed by atoms with van der Waals surface area (Å²) in [4.78, 5) is 11.9. The minimum absolute atomic E-state index is 0.169. The minimum atomic E-state index is -4.71. The topological polar surface area (TPSA) is 104 Å². The SMILES string of the molecule is Nn1c(SCC(=O)NC[C@@H]2COc3ccccc3O2)nnc1C(F)(F)F. The van der Waals surface area contributed by atoms with Gasteiger partial charge in [0.15, 0.2) is 11.5 Å². The van der Waals surface area contributed by atoms with Gasteiger partial charge in [-0.1, -0.05) is 23.9 Å². The molecule has 140 valence electrons. The van der Waals surface area contributed by atoms with E-state index in [1.54, 1.807) is 18.2 Å². The van der Waals surface area contributed by atoms with Crippen molar-refractivity contribution in [3.05, 3.63) is 30.1 Å². The van der Waals surface area contributed by atoms with Gasteiger partial charge in [0.1, 0.15) is 12.7 Å². The number of benzene rings is 1. The summed E-state index contributed by atoms with van der Waals surface area (Å²) >= 11 is 0.748. The fourth-order valence-corrected chi connectivity index (χ4v) is 2.83. The van der Waals surface area contributed by atoms with Crippen molar-refractivity contribution in [2.75, 3.05) is 24.7 Å². The number of nitrogens with zero attached hydrogens (tertiary/aromatic N) is 3. The van der Waals surface area contributed by atoms with E-state index in [1.807, 2.05) is 6.07 Å². The molecule has 0 radical (unpaired) electrons. The van der Waals surface area contributed by atoms with Crippen molar-refractivity contribution in [3.63, 3.8) is 0 Å². The minimum Gasteiger partial charge on any atom is -0.486 e. The van der Waals surface area contributed by atoms with Gasteiger partial charge in [0.2, 0.25) is 11.1 Å². The number of alkyl halides is 3. The summed E-state index contributed by atoms with van der Waals surface area (Å²) in [5, 5.41) is 8.73. The summed E-state index contributed by atoms with van der Waals surface area (Å²) < 4.78 is 49.2. The zero-order valence-corrected chi connectivity index (χ0v) is 14.0. The normalized spacial score (nSPS) is 16.3. The summed E-state index contributed by atoms with van der Waals surface area (Å²) in [6, 6.07) is 7.16. The summed E-state index contributed by atoms with van der Waals surface area (Å²) in [6.07, 6.45) is -5.08. The number of carbonyl (C=O) groups is 1. The van der Waals surface area contributed by atoms with Gasteiger partial charge < -0.3 is 20.6 Å². The summed E-state index contributed by atoms with van der Waals surface area (Å²) in [7, 11) is 0. The van der Waals surface area contributed by atoms with E-state index in [1.165, 1.54) is 0 Å². The molecule has 0 saturated carbocycles. The number of thioether (sulfide) groups is 1. The number of hydrogen-bond donors (Lipinski definition) is 2. The zero-order chi connectivity index (χ0) is 18.7. The largest absolute Gasteiger partial charge is 0.486 e. The van der Waals surface area contributed by atoms with Crippen LogP contribution in [0.15, 0.2) is 29.4 Å². The van der Waals surface area contributed by atoms with Crippen molar-refractivity contribution in [2.45, 2.75) is 17.4 Å². The van der Waals surface area contributed by atoms with E-state index in [-0.39, 0.29) is 30.2 Å². The fourth-order valence-electron chi connectivity index (χ4n) is 2.14. The van der Waals surface area contributed by atoms with Crippen LogP contribution in [0.4, 0.5) is 13.2 Å². The van der Waals surface area contributed by atoms with Crippen LogP contribution in [0.5, 0.6) is 11.5 Å². The maximum Gasteiger partial charge on any atom is 0.453 e. The first-order valence-electron chi connectivity index (χ1n) is 7.40. The van der Waals surface area contributed by atoms with E-state index in [2.05, 4.69) is 15.5 Å². The first-order chi connectivity index (χ1) is 12.3. The van der Waals surface area contributed by atoms with Crippen LogP contribution in [0.3, 0.4) is 0 Å². The van der Waals surface area contributed by atoms with Gasteiger partial charge in [-0.2, -0.15) is 13.2 Å². The van der Waals surface area contributed by atoms with Crippen LogP contribution in [-0.4, -0.2) is 45.8 Å². The standard InChI is InChI=1S/C14H14F3N5O3S/c15-14(16,17)12-20-21-13(22(12)18)26-7-11(23)19-5-8-6-24-9-3-1-2-4-10(9)25-8/h1-4,8H,5-7,18H2,(H,19,23)/t8-/m1/s1. The van der Waals surface area contributed by atoms with Crippen LogP contribution in [0.1, 0.15) is 5.82 Å². The molecule has 0 saturated heterocycles. The maximum absolute atomic E-state index is 12.6. The smallest absolute Gasteiger partial charge is 0.453 e. The van der Waals surface area contributed by atoms with Crippen molar-refractivity contribution < 1.29 is 27.4 Å². The van der Waals surface area contributed by atoms with E-state index in [0.717, 1.165) is 11.8 Å². The zero-order valence-electron chi connectivity index (χ0n) is 13.2. The van der Waals surface area contributed by atoms with E-state index in [9.17, 15) is 18.0 Å². The lowest BCUT2D eigenvalue weighted by Crippen LogP contribution is -2.41. The highest BCUT2D eigenvalue weighted by atomic mass is 32.2. The van der Waals surface area contributed by atoms with Crippen molar-refractivity contribution in [1.82, 2.24) is 20.2 Å². The number of para-hydroxylation sites is 2. The van der Waals surface area contributed by atoms with Crippen molar-refractivity contribution in [2.24, 2.45) is 0 Å². The summed E-state index contributed by atoms with van der Waals surface area (Å²) in [5.41, 5.74) is 0. The predicted octanol–water partition coefficient (Wildman–Crippen LogP) is 1.06. The van der Waals surface area contributed by atoms with E-state index >= 15 is 0 Å². The third kappa shape index (κ3) is 4.12. The van der Waals surface area contributed by atoms with Gasteiger partial charge in [-0.05, 0) is 12.1 Å². The van der Waals surface area contributed by atoms with Crippen LogP contribution in [0, 0.1) is 0 Å². The van der Waals surface area contributed by atoms with Crippen molar-refractivity contribution in [1.29, 1.82) is 0 Å². The first-order valence-corrected chi connectivity index (χ1v) is 8.39. The number of rotatable bonds is 5. The molecule has 3 rings (SSSR count). The number of ether oxygens (including phenoxy) is 2. The average molecular weight is 389 g/mol. The fraction of sp³-hybridized carbons (Fsp3) is 0.357. The van der Waals surface area contributed by atoms with Crippen LogP contribution in [-0.2, 0) is 11.0 Å². The number of aromatic nitrogens is 3. The Kier molecular flexibility index (Phi) is 5.11. The van der Waals surface area contributed by atoms with Gasteiger partial charge in [-0.15, -0.1) is 10.2 Å². The third-order valence-electron chi connectivity index (χ3n) is 3.34. The molecule has 1 atom stereocenters. The molecule has 12 heteroatoms. The second-order valence-corrected chi connectivity index (χ2v) is 6.21. The number of nitrogens with two attached hydrogens (primary N) is 1. The predicted molar refractivity (Wildman–Crippen MR) is 85.3 cm³/mol. The molecule has 2 aromatic rings. The van der Waals surface area contributed by atoms with Crippen molar-refractivity contribution >= 4 is 17.7 Å². The first kappa shape index (κ1) is 18.2. The number of carbonyl (C=O) groups excluding carboxylic acids is 1. The molecule has 0 aliphatic carbocycles. The monoisotopic (exact) mass is 389 g/mol. The van der Waals surface area contributed by atoms with Crippen molar-refractivity contribution in [3.8, 4) is 11.5 Å². The maximum atomic E-state index is 12.6. The Morgan fingerprint density at radius 2 is 2.08 bits per heavy atom. The Morgan fingerprint density at radius 3 is 2.77 bits per heavy atom. The quantitative estimate of drug-likeness (QED) is 0.582. The molecule has 0 fully saturated rings. The number of amides is 1. The highest BCUT2D eigenvalue weighted by Gasteiger charge is 2.38. The van der Waals surface area contributed by atoms with E-state index in [4.69, 9.17) is 15.3 Å². The Bertz CT molecular complexity index is 798. The van der Waals surface area contributed by atoms with Crippen LogP contribution in [0.25, 0.3) is 0 Å². The summed E-state index contributed by atoms with van der Waals surface area (Å²) in [6.45, 7) is 0.466. The molecule has 2 heterocycles. The van der Waals surface area contributed by atoms with Crippen LogP contribution < -0.4 is 20.6 Å². The van der Waals surface area contributed by atoms with Gasteiger partial charge in [0.05, 0.1) is 12.3 Å². The second kappa shape index (κ2) is 7.32. The van der Waals surface area contributed by atoms with Gasteiger partial charge in [0.25, 0.3) is 5.82 Å². The van der Waals surface area contributed by atoms with Gasteiger partial charge in [-0.25, -0.2) is 4.68 Å². The molecule has 1 amide bonds. The molecule has 1 aliphatic heterocycles. The van der Waals surface area contributed by atoms with Crippen LogP contribution >= 0.6 is 11.8 Å². The number of halogens is 3. The molecule has 0 spiro atoms. The van der Waals surface area contributed by atoms with E-state index in [0.29, 0.717) is 16.2 Å². The lowest BCUT2D eigenvalue weighted by Gasteiger charge is -2.26. The third-order valence-corrected chi connectivity index (χ3v) is 4.29. The molecule has 8 nitrogen and oxygen atoms in total. The molecule has 1 aromatic heterocycles. The Balaban J connectivity index is 1.46. The van der Waals surface area contributed by atoms with Gasteiger partial charge >= 0.3 is 6.18 Å². The molecule has 3 N–H and O–H groups in total. The molecular weight excluding hydrogens is 375 g/mol. The molecular formula is C14H14F3N5O3S. The number of nitrogens with one attached hydrogen (secondary N) is 1. The number of fused-ring (bicyclic) bond motifs is 1. The summed E-state index contributed by atoms with van der Waals surface area (Å²) in [5.74, 6) is 4.61. The lowest BCUT2D eigenvalue weighted by atomic mass is 10.2. The van der Waals surface area contributed by atoms with Gasteiger partial charge in [-0.3, -0.25) is 4.79 Å². The molecule has 0 bridgehead atoms. The molecule has 1 aromatic carbocycles. The second-order valence-electron chi connectivity index (χ2n) is 5.26. The molecule has 0 unspecified atom stereocenters. The highest BCUT2D eigenvalue weighted by Crippen LogP contribution is 2.31. The van der Waals surface area contributed by atoms with E-state index < -0.39 is 17.9 Å². The molecule has 26 heavy (non-hydrogen) atoms. The Morgan fingerprint density at radius 1 is 1.35 bits per heavy atom. The molecule has 1 aliphatic rings. The lowest BCUT2D eigenvalue weighted by molar-refractivity contribution is -0.146. The number of nitrogen functional groups attached to an aromatic ring is 1. The number of hydrogen-bond acceptors (Lipinski definition) is 7. The average Bonchev–Trinajstić information content (AvgIpc) is 2.99. The van der Waals surface area contributed by atoms with Crippen LogP contribution in [0.2, 0.25) is 0 Å². The Labute approximate surface area is 149 Å². The van der Waals surface area contributed by atoms with Gasteiger partial charge in [0, 0.05) is 0 Å². The highest BCUT2D eigenvalue weighted by molar-refractivity contribution is 7.99.